The molecule has 1 aliphatic rings. The number of anilines is 3. The van der Waals surface area contributed by atoms with E-state index < -0.39 is 5.97 Å². The van der Waals surface area contributed by atoms with Gasteiger partial charge in [0.05, 0.1) is 12.7 Å². The second-order valence-electron chi connectivity index (χ2n) is 7.59. The van der Waals surface area contributed by atoms with Crippen molar-refractivity contribution in [1.29, 1.82) is 0 Å². The summed E-state index contributed by atoms with van der Waals surface area (Å²) in [5.74, 6) is -0.0729. The molecule has 0 unspecified atom stereocenters. The summed E-state index contributed by atoms with van der Waals surface area (Å²) in [5.41, 5.74) is 3.70. The Labute approximate surface area is 186 Å². The summed E-state index contributed by atoms with van der Waals surface area (Å²) in [4.78, 5) is 29.1. The number of rotatable bonds is 6. The van der Waals surface area contributed by atoms with Crippen molar-refractivity contribution in [2.24, 2.45) is 5.92 Å². The molecule has 0 saturated carbocycles. The van der Waals surface area contributed by atoms with Gasteiger partial charge in [-0.1, -0.05) is 18.2 Å². The van der Waals surface area contributed by atoms with Crippen molar-refractivity contribution in [1.82, 2.24) is 4.98 Å². The standard InChI is InChI=1S/C25H25N3O4/c1-31-25(30)20-13-19(14-22(15-20)27-21-5-3-2-4-6-21)18-7-10-26-23(16-18)28-24(29)17-8-11-32-12-9-17/h2-7,10,13-17,27H,8-9,11-12H2,1H3,(H,26,28,29). The van der Waals surface area contributed by atoms with Gasteiger partial charge in [-0.2, -0.15) is 0 Å². The number of methoxy groups -OCH3 is 1. The van der Waals surface area contributed by atoms with Crippen molar-refractivity contribution < 1.29 is 19.1 Å². The number of pyridine rings is 1. The van der Waals surface area contributed by atoms with Gasteiger partial charge in [0.1, 0.15) is 5.82 Å². The van der Waals surface area contributed by atoms with Gasteiger partial charge in [0.15, 0.2) is 0 Å². The summed E-state index contributed by atoms with van der Waals surface area (Å²) in [6.07, 6.45) is 3.06. The Balaban J connectivity index is 1.61. The lowest BCUT2D eigenvalue weighted by atomic mass is 9.99. The van der Waals surface area contributed by atoms with E-state index in [0.717, 1.165) is 22.5 Å². The van der Waals surface area contributed by atoms with E-state index in [-0.39, 0.29) is 11.8 Å². The van der Waals surface area contributed by atoms with Gasteiger partial charge in [0.25, 0.3) is 0 Å². The van der Waals surface area contributed by atoms with E-state index in [1.807, 2.05) is 42.5 Å². The third-order valence-electron chi connectivity index (χ3n) is 5.35. The normalized spacial score (nSPS) is 13.9. The van der Waals surface area contributed by atoms with Crippen LogP contribution in [0.5, 0.6) is 0 Å². The third-order valence-corrected chi connectivity index (χ3v) is 5.35. The first kappa shape index (κ1) is 21.5. The lowest BCUT2D eigenvalue weighted by Crippen LogP contribution is -2.28. The molecule has 1 amide bonds. The topological polar surface area (TPSA) is 89.5 Å². The average Bonchev–Trinajstić information content (AvgIpc) is 2.84. The summed E-state index contributed by atoms with van der Waals surface area (Å²) in [7, 11) is 1.36. The minimum Gasteiger partial charge on any atom is -0.465 e. The summed E-state index contributed by atoms with van der Waals surface area (Å²) < 4.78 is 10.3. The van der Waals surface area contributed by atoms with Gasteiger partial charge >= 0.3 is 5.97 Å². The molecule has 7 heteroatoms. The molecule has 32 heavy (non-hydrogen) atoms. The second kappa shape index (κ2) is 10.1. The minimum absolute atomic E-state index is 0.0484. The number of esters is 1. The van der Waals surface area contributed by atoms with E-state index >= 15 is 0 Å². The Bertz CT molecular complexity index is 1100. The molecule has 0 spiro atoms. The number of carbonyl (C=O) groups excluding carboxylic acids is 2. The van der Waals surface area contributed by atoms with Gasteiger partial charge in [-0.15, -0.1) is 0 Å². The van der Waals surface area contributed by atoms with Crippen LogP contribution in [-0.4, -0.2) is 37.2 Å². The number of nitrogens with zero attached hydrogens (tertiary/aromatic N) is 1. The first-order chi connectivity index (χ1) is 15.6. The Morgan fingerprint density at radius 2 is 1.75 bits per heavy atom. The molecule has 1 fully saturated rings. The zero-order chi connectivity index (χ0) is 22.3. The number of hydrogen-bond donors (Lipinski definition) is 2. The molecule has 3 aromatic rings. The van der Waals surface area contributed by atoms with E-state index in [4.69, 9.17) is 9.47 Å². The molecular formula is C25H25N3O4. The molecule has 7 nitrogen and oxygen atoms in total. The van der Waals surface area contributed by atoms with E-state index in [1.165, 1.54) is 7.11 Å². The first-order valence-electron chi connectivity index (χ1n) is 10.5. The maximum atomic E-state index is 12.6. The van der Waals surface area contributed by atoms with Crippen molar-refractivity contribution in [3.05, 3.63) is 72.4 Å². The van der Waals surface area contributed by atoms with Gasteiger partial charge < -0.3 is 20.1 Å². The zero-order valence-electron chi connectivity index (χ0n) is 17.8. The van der Waals surface area contributed by atoms with Crippen LogP contribution >= 0.6 is 0 Å². The predicted octanol–water partition coefficient (Wildman–Crippen LogP) is 4.64. The minimum atomic E-state index is -0.426. The van der Waals surface area contributed by atoms with Gasteiger partial charge in [0, 0.05) is 36.7 Å². The van der Waals surface area contributed by atoms with Crippen LogP contribution in [-0.2, 0) is 14.3 Å². The van der Waals surface area contributed by atoms with Crippen molar-refractivity contribution in [2.75, 3.05) is 31.0 Å². The van der Waals surface area contributed by atoms with Crippen LogP contribution in [0.1, 0.15) is 23.2 Å². The Morgan fingerprint density at radius 1 is 0.969 bits per heavy atom. The van der Waals surface area contributed by atoms with E-state index in [9.17, 15) is 9.59 Å². The van der Waals surface area contributed by atoms with Crippen LogP contribution in [0.15, 0.2) is 66.9 Å². The SMILES string of the molecule is COC(=O)c1cc(Nc2ccccc2)cc(-c2ccnc(NC(=O)C3CCOCC3)c2)c1. The molecule has 1 aliphatic heterocycles. The first-order valence-corrected chi connectivity index (χ1v) is 10.5. The summed E-state index contributed by atoms with van der Waals surface area (Å²) in [6.45, 7) is 1.20. The zero-order valence-corrected chi connectivity index (χ0v) is 17.8. The highest BCUT2D eigenvalue weighted by atomic mass is 16.5. The van der Waals surface area contributed by atoms with Gasteiger partial charge in [-0.25, -0.2) is 9.78 Å². The molecule has 1 aromatic heterocycles. The highest BCUT2D eigenvalue weighted by Crippen LogP contribution is 2.29. The molecule has 0 radical (unpaired) electrons. The van der Waals surface area contributed by atoms with Gasteiger partial charge in [-0.05, 0) is 66.4 Å². The smallest absolute Gasteiger partial charge is 0.337 e. The highest BCUT2D eigenvalue weighted by Gasteiger charge is 2.22. The Hall–Kier alpha value is -3.71. The fourth-order valence-corrected chi connectivity index (χ4v) is 3.66. The Morgan fingerprint density at radius 3 is 2.50 bits per heavy atom. The molecule has 164 valence electrons. The second-order valence-corrected chi connectivity index (χ2v) is 7.59. The number of benzene rings is 2. The molecule has 1 saturated heterocycles. The number of nitrogens with one attached hydrogen (secondary N) is 2. The molecule has 4 rings (SSSR count). The predicted molar refractivity (Wildman–Crippen MR) is 123 cm³/mol. The number of ether oxygens (including phenoxy) is 2. The lowest BCUT2D eigenvalue weighted by molar-refractivity contribution is -0.122. The lowest BCUT2D eigenvalue weighted by Gasteiger charge is -2.21. The van der Waals surface area contributed by atoms with Crippen molar-refractivity contribution in [3.63, 3.8) is 0 Å². The quantitative estimate of drug-likeness (QED) is 0.553. The van der Waals surface area contributed by atoms with Crippen LogP contribution in [0.4, 0.5) is 17.2 Å². The van der Waals surface area contributed by atoms with Crippen molar-refractivity contribution in [2.45, 2.75) is 12.8 Å². The molecular weight excluding hydrogens is 406 g/mol. The molecule has 0 bridgehead atoms. The van der Waals surface area contributed by atoms with Crippen LogP contribution in [0.2, 0.25) is 0 Å². The fraction of sp³-hybridized carbons (Fsp3) is 0.240. The van der Waals surface area contributed by atoms with Crippen LogP contribution in [0.25, 0.3) is 11.1 Å². The van der Waals surface area contributed by atoms with Gasteiger partial charge in [-0.3, -0.25) is 4.79 Å². The molecule has 2 heterocycles. The van der Waals surface area contributed by atoms with E-state index in [0.29, 0.717) is 37.4 Å². The number of hydrogen-bond acceptors (Lipinski definition) is 6. The van der Waals surface area contributed by atoms with E-state index in [1.54, 1.807) is 24.4 Å². The maximum absolute atomic E-state index is 12.6. The molecule has 0 aliphatic carbocycles. The summed E-state index contributed by atoms with van der Waals surface area (Å²) in [6, 6.07) is 18.8. The van der Waals surface area contributed by atoms with Crippen LogP contribution in [0, 0.1) is 5.92 Å². The third kappa shape index (κ3) is 5.31. The maximum Gasteiger partial charge on any atom is 0.337 e. The average molecular weight is 431 g/mol. The van der Waals surface area contributed by atoms with Crippen LogP contribution in [0.3, 0.4) is 0 Å². The number of para-hydroxylation sites is 1. The van der Waals surface area contributed by atoms with E-state index in [2.05, 4.69) is 15.6 Å². The summed E-state index contributed by atoms with van der Waals surface area (Å²) >= 11 is 0. The van der Waals surface area contributed by atoms with Gasteiger partial charge in [0.2, 0.25) is 5.91 Å². The fourth-order valence-electron chi connectivity index (χ4n) is 3.66. The van der Waals surface area contributed by atoms with Crippen molar-refractivity contribution >= 4 is 29.1 Å². The number of aromatic nitrogens is 1. The number of carbonyl (C=O) groups is 2. The molecule has 2 aromatic carbocycles. The summed E-state index contributed by atoms with van der Waals surface area (Å²) in [5, 5.41) is 6.23. The monoisotopic (exact) mass is 431 g/mol. The van der Waals surface area contributed by atoms with Crippen LogP contribution < -0.4 is 10.6 Å². The molecule has 0 atom stereocenters. The number of amides is 1. The Kier molecular flexibility index (Phi) is 6.77. The van der Waals surface area contributed by atoms with Crippen molar-refractivity contribution in [3.8, 4) is 11.1 Å². The largest absolute Gasteiger partial charge is 0.465 e. The molecule has 2 N–H and O–H groups in total. The highest BCUT2D eigenvalue weighted by molar-refractivity contribution is 5.94.